The summed E-state index contributed by atoms with van der Waals surface area (Å²) in [4.78, 5) is 0. The number of aromatic nitrogens is 2. The molecule has 0 atom stereocenters. The highest BCUT2D eigenvalue weighted by Gasteiger charge is 2.12. The van der Waals surface area contributed by atoms with Crippen LogP contribution in [0.15, 0.2) is 4.42 Å². The summed E-state index contributed by atoms with van der Waals surface area (Å²) in [5, 5.41) is 13.6. The minimum absolute atomic E-state index is 0.0388. The van der Waals surface area contributed by atoms with Gasteiger partial charge in [-0.25, -0.2) is 13.1 Å². The molecule has 1 aromatic heterocycles. The molecule has 0 aliphatic heterocycles. The molecule has 9 heteroatoms. The Hall–Kier alpha value is -1.19. The predicted octanol–water partition coefficient (Wildman–Crippen LogP) is -0.0812. The van der Waals surface area contributed by atoms with E-state index in [0.717, 1.165) is 0 Å². The van der Waals surface area contributed by atoms with Crippen LogP contribution < -0.4 is 15.4 Å². The molecule has 0 amide bonds. The fourth-order valence-electron chi connectivity index (χ4n) is 1.13. The Balaban J connectivity index is 2.39. The van der Waals surface area contributed by atoms with Gasteiger partial charge < -0.3 is 15.1 Å². The van der Waals surface area contributed by atoms with Crippen LogP contribution in [0.25, 0.3) is 0 Å². The number of rotatable bonds is 7. The molecule has 0 unspecified atom stereocenters. The summed E-state index contributed by atoms with van der Waals surface area (Å²) >= 11 is 0. The first-order valence-electron chi connectivity index (χ1n) is 5.94. The Bertz CT molecular complexity index is 492. The maximum absolute atomic E-state index is 11.2. The smallest absolute Gasteiger partial charge is 0.315 e. The summed E-state index contributed by atoms with van der Waals surface area (Å²) in [6.07, 6.45) is 0. The molecule has 3 N–H and O–H groups in total. The molecule has 0 aliphatic rings. The molecule has 0 aromatic carbocycles. The van der Waals surface area contributed by atoms with Crippen molar-refractivity contribution in [1.29, 1.82) is 0 Å². The first-order valence-corrected chi connectivity index (χ1v) is 7.59. The van der Waals surface area contributed by atoms with E-state index in [2.05, 4.69) is 25.6 Å². The second-order valence-electron chi connectivity index (χ2n) is 5.05. The summed E-state index contributed by atoms with van der Waals surface area (Å²) in [6.45, 7) is 6.77. The van der Waals surface area contributed by atoms with E-state index in [4.69, 9.17) is 4.42 Å². The highest BCUT2D eigenvalue weighted by atomic mass is 32.2. The van der Waals surface area contributed by atoms with Crippen molar-refractivity contribution in [3.8, 4) is 0 Å². The van der Waals surface area contributed by atoms with E-state index in [1.54, 1.807) is 0 Å². The lowest BCUT2D eigenvalue weighted by molar-refractivity contribution is 0.384. The molecule has 0 spiro atoms. The highest BCUT2D eigenvalue weighted by molar-refractivity contribution is 7.89. The third kappa shape index (κ3) is 6.50. The fourth-order valence-corrected chi connectivity index (χ4v) is 1.71. The molecule has 8 nitrogen and oxygen atoms in total. The highest BCUT2D eigenvalue weighted by Crippen LogP contribution is 2.07. The van der Waals surface area contributed by atoms with E-state index in [1.807, 2.05) is 20.8 Å². The zero-order valence-corrected chi connectivity index (χ0v) is 12.5. The maximum atomic E-state index is 11.2. The second-order valence-corrected chi connectivity index (χ2v) is 7.10. The van der Waals surface area contributed by atoms with Crippen LogP contribution >= 0.6 is 0 Å². The summed E-state index contributed by atoms with van der Waals surface area (Å²) in [6, 6.07) is 0.219. The molecule has 0 fully saturated rings. The van der Waals surface area contributed by atoms with Crippen LogP contribution in [0.1, 0.15) is 26.7 Å². The summed E-state index contributed by atoms with van der Waals surface area (Å²) in [5.41, 5.74) is -0.0388. The third-order valence-corrected chi connectivity index (χ3v) is 3.56. The van der Waals surface area contributed by atoms with Gasteiger partial charge in [0, 0.05) is 12.1 Å². The van der Waals surface area contributed by atoms with Gasteiger partial charge in [0.2, 0.25) is 15.9 Å². The predicted molar refractivity (Wildman–Crippen MR) is 72.2 cm³/mol. The van der Waals surface area contributed by atoms with Gasteiger partial charge in [-0.3, -0.25) is 0 Å². The molecular formula is C10H21N5O3S. The number of nitrogens with one attached hydrogen (secondary N) is 3. The topological polar surface area (TPSA) is 109 Å². The van der Waals surface area contributed by atoms with Gasteiger partial charge in [-0.2, -0.15) is 0 Å². The molecule has 110 valence electrons. The van der Waals surface area contributed by atoms with Crippen molar-refractivity contribution in [2.24, 2.45) is 0 Å². The molecule has 0 saturated heterocycles. The molecule has 0 radical (unpaired) electrons. The lowest BCUT2D eigenvalue weighted by Crippen LogP contribution is -2.35. The van der Waals surface area contributed by atoms with Crippen LogP contribution in [-0.4, -0.2) is 43.5 Å². The number of nitrogens with zero attached hydrogens (tertiary/aromatic N) is 2. The van der Waals surface area contributed by atoms with Crippen molar-refractivity contribution >= 4 is 16.0 Å². The second kappa shape index (κ2) is 6.31. The Kier molecular flexibility index (Phi) is 5.27. The monoisotopic (exact) mass is 291 g/mol. The normalized spacial score (nSPS) is 12.6. The van der Waals surface area contributed by atoms with Gasteiger partial charge in [-0.15, -0.1) is 5.10 Å². The average Bonchev–Trinajstić information content (AvgIpc) is 2.73. The van der Waals surface area contributed by atoms with E-state index in [9.17, 15) is 8.42 Å². The summed E-state index contributed by atoms with van der Waals surface area (Å²) in [5.74, 6) is 0.399. The quantitative estimate of drug-likeness (QED) is 0.644. The maximum Gasteiger partial charge on any atom is 0.315 e. The van der Waals surface area contributed by atoms with Crippen LogP contribution in [-0.2, 0) is 16.6 Å². The van der Waals surface area contributed by atoms with E-state index >= 15 is 0 Å². The van der Waals surface area contributed by atoms with Crippen LogP contribution in [0.2, 0.25) is 0 Å². The van der Waals surface area contributed by atoms with Gasteiger partial charge in [0.1, 0.15) is 0 Å². The van der Waals surface area contributed by atoms with E-state index < -0.39 is 10.0 Å². The van der Waals surface area contributed by atoms with Crippen molar-refractivity contribution < 1.29 is 12.8 Å². The van der Waals surface area contributed by atoms with Gasteiger partial charge >= 0.3 is 6.01 Å². The van der Waals surface area contributed by atoms with Gasteiger partial charge in [-0.1, -0.05) is 5.10 Å². The minimum atomic E-state index is -3.23. The Morgan fingerprint density at radius 3 is 2.53 bits per heavy atom. The van der Waals surface area contributed by atoms with Gasteiger partial charge in [0.05, 0.1) is 12.3 Å². The van der Waals surface area contributed by atoms with Crippen LogP contribution in [0.4, 0.5) is 6.01 Å². The molecule has 1 aromatic rings. The first kappa shape index (κ1) is 15.9. The average molecular weight is 291 g/mol. The molecule has 19 heavy (non-hydrogen) atoms. The van der Waals surface area contributed by atoms with E-state index in [-0.39, 0.29) is 23.9 Å². The lowest BCUT2D eigenvalue weighted by atomic mass is 10.1. The van der Waals surface area contributed by atoms with Crippen molar-refractivity contribution in [2.75, 3.05) is 24.7 Å². The largest absolute Gasteiger partial charge is 0.407 e. The molecule has 0 aliphatic carbocycles. The van der Waals surface area contributed by atoms with Crippen LogP contribution in [0.3, 0.4) is 0 Å². The SMILES string of the molecule is CNS(=O)(=O)CCNc1nnc(CNC(C)(C)C)o1. The Morgan fingerprint density at radius 1 is 1.26 bits per heavy atom. The molecule has 0 bridgehead atoms. The van der Waals surface area contributed by atoms with Gasteiger partial charge in [0.15, 0.2) is 0 Å². The Labute approximate surface area is 113 Å². The summed E-state index contributed by atoms with van der Waals surface area (Å²) in [7, 11) is -1.85. The van der Waals surface area contributed by atoms with E-state index in [1.165, 1.54) is 7.05 Å². The van der Waals surface area contributed by atoms with Crippen molar-refractivity contribution in [1.82, 2.24) is 20.2 Å². The number of anilines is 1. The van der Waals surface area contributed by atoms with Crippen molar-refractivity contribution in [2.45, 2.75) is 32.9 Å². The minimum Gasteiger partial charge on any atom is -0.407 e. The Morgan fingerprint density at radius 2 is 1.95 bits per heavy atom. The van der Waals surface area contributed by atoms with Crippen molar-refractivity contribution in [3.05, 3.63) is 5.89 Å². The standard InChI is InChI=1S/C10H21N5O3S/c1-10(2,3)13-7-8-14-15-9(18-8)12-5-6-19(16,17)11-4/h11,13H,5-7H2,1-4H3,(H,12,15). The van der Waals surface area contributed by atoms with Crippen LogP contribution in [0.5, 0.6) is 0 Å². The molecule has 1 heterocycles. The van der Waals surface area contributed by atoms with Gasteiger partial charge in [-0.05, 0) is 27.8 Å². The van der Waals surface area contributed by atoms with Gasteiger partial charge in [0.25, 0.3) is 0 Å². The number of hydrogen-bond acceptors (Lipinski definition) is 7. The molecule has 1 rings (SSSR count). The van der Waals surface area contributed by atoms with Crippen molar-refractivity contribution in [3.63, 3.8) is 0 Å². The molecule has 0 saturated carbocycles. The number of sulfonamides is 1. The summed E-state index contributed by atoms with van der Waals surface area (Å²) < 4.78 is 29.9. The zero-order chi connectivity index (χ0) is 14.5. The lowest BCUT2D eigenvalue weighted by Gasteiger charge is -2.18. The van der Waals surface area contributed by atoms with E-state index in [0.29, 0.717) is 12.4 Å². The number of hydrogen-bond donors (Lipinski definition) is 3. The third-order valence-electron chi connectivity index (χ3n) is 2.19. The fraction of sp³-hybridized carbons (Fsp3) is 0.800. The zero-order valence-electron chi connectivity index (χ0n) is 11.6. The first-order chi connectivity index (χ1) is 8.72. The van der Waals surface area contributed by atoms with Crippen LogP contribution in [0, 0.1) is 0 Å². The molecular weight excluding hydrogens is 270 g/mol.